The molecular weight excluding hydrogens is 433 g/mol. The third-order valence-electron chi connectivity index (χ3n) is 5.35. The SMILES string of the molecule is COC(=O)C(C)c1ccnc2c(-c3ccc(C(F)(F)F)cc3)c(CNc3ccccc3)nn12. The summed E-state index contributed by atoms with van der Waals surface area (Å²) in [5.74, 6) is -1.05. The second-order valence-electron chi connectivity index (χ2n) is 7.47. The number of nitrogens with zero attached hydrogens (tertiary/aromatic N) is 3. The number of carbonyl (C=O) groups excluding carboxylic acids is 1. The van der Waals surface area contributed by atoms with Crippen molar-refractivity contribution in [1.29, 1.82) is 0 Å². The number of esters is 1. The number of nitrogens with one attached hydrogen (secondary N) is 1. The van der Waals surface area contributed by atoms with Gasteiger partial charge in [0.05, 0.1) is 42.1 Å². The van der Waals surface area contributed by atoms with E-state index in [9.17, 15) is 18.0 Å². The second-order valence-corrected chi connectivity index (χ2v) is 7.47. The maximum absolute atomic E-state index is 13.1. The zero-order valence-corrected chi connectivity index (χ0v) is 17.9. The minimum atomic E-state index is -4.43. The lowest BCUT2D eigenvalue weighted by Gasteiger charge is -2.11. The average molecular weight is 454 g/mol. The van der Waals surface area contributed by atoms with Gasteiger partial charge >= 0.3 is 12.1 Å². The quantitative estimate of drug-likeness (QED) is 0.400. The number of halogens is 3. The maximum atomic E-state index is 13.1. The third kappa shape index (κ3) is 4.52. The van der Waals surface area contributed by atoms with Crippen LogP contribution in [-0.4, -0.2) is 27.7 Å². The van der Waals surface area contributed by atoms with Gasteiger partial charge in [0.1, 0.15) is 0 Å². The molecule has 1 unspecified atom stereocenters. The fourth-order valence-corrected chi connectivity index (χ4v) is 3.62. The van der Waals surface area contributed by atoms with Crippen molar-refractivity contribution in [3.63, 3.8) is 0 Å². The number of hydrogen-bond donors (Lipinski definition) is 1. The lowest BCUT2D eigenvalue weighted by molar-refractivity contribution is -0.142. The molecule has 6 nitrogen and oxygen atoms in total. The largest absolute Gasteiger partial charge is 0.469 e. The number of alkyl halides is 3. The Labute approximate surface area is 188 Å². The fourth-order valence-electron chi connectivity index (χ4n) is 3.62. The Bertz CT molecular complexity index is 1270. The van der Waals surface area contributed by atoms with Crippen LogP contribution in [0.3, 0.4) is 0 Å². The fraction of sp³-hybridized carbons (Fsp3) is 0.208. The van der Waals surface area contributed by atoms with E-state index in [2.05, 4.69) is 15.4 Å². The first kappa shape index (κ1) is 22.3. The van der Waals surface area contributed by atoms with Crippen molar-refractivity contribution in [2.45, 2.75) is 25.6 Å². The zero-order chi connectivity index (χ0) is 23.6. The molecule has 33 heavy (non-hydrogen) atoms. The summed E-state index contributed by atoms with van der Waals surface area (Å²) in [6.07, 6.45) is -2.88. The van der Waals surface area contributed by atoms with Crippen molar-refractivity contribution in [1.82, 2.24) is 14.6 Å². The molecule has 4 rings (SSSR count). The number of benzene rings is 2. The molecule has 2 aromatic carbocycles. The Morgan fingerprint density at radius 1 is 1.09 bits per heavy atom. The van der Waals surface area contributed by atoms with Crippen molar-refractivity contribution in [3.05, 3.63) is 83.8 Å². The molecule has 1 N–H and O–H groups in total. The lowest BCUT2D eigenvalue weighted by Crippen LogP contribution is -2.15. The average Bonchev–Trinajstić information content (AvgIpc) is 3.20. The predicted molar refractivity (Wildman–Crippen MR) is 118 cm³/mol. The van der Waals surface area contributed by atoms with Crippen LogP contribution in [-0.2, 0) is 22.3 Å². The molecule has 0 bridgehead atoms. The van der Waals surface area contributed by atoms with E-state index < -0.39 is 23.6 Å². The topological polar surface area (TPSA) is 68.5 Å². The molecule has 2 heterocycles. The minimum absolute atomic E-state index is 0.301. The standard InChI is InChI=1S/C24H21F3N4O2/c1-15(23(32)33-2)20-12-13-28-22-21(16-8-10-17(11-9-16)24(25,26)27)19(30-31(20)22)14-29-18-6-4-3-5-7-18/h3-13,15,29H,14H2,1-2H3. The van der Waals surface area contributed by atoms with Gasteiger partial charge in [-0.25, -0.2) is 9.50 Å². The van der Waals surface area contributed by atoms with Crippen LogP contribution < -0.4 is 5.32 Å². The van der Waals surface area contributed by atoms with Crippen LogP contribution >= 0.6 is 0 Å². The summed E-state index contributed by atoms with van der Waals surface area (Å²) in [5.41, 5.74) is 2.84. The van der Waals surface area contributed by atoms with Crippen molar-refractivity contribution in [2.75, 3.05) is 12.4 Å². The van der Waals surface area contributed by atoms with Gasteiger partial charge in [0, 0.05) is 11.9 Å². The van der Waals surface area contributed by atoms with Crippen molar-refractivity contribution >= 4 is 17.3 Å². The smallest absolute Gasteiger partial charge is 0.416 e. The van der Waals surface area contributed by atoms with Gasteiger partial charge in [-0.15, -0.1) is 0 Å². The third-order valence-corrected chi connectivity index (χ3v) is 5.35. The molecule has 170 valence electrons. The zero-order valence-electron chi connectivity index (χ0n) is 17.9. The molecule has 4 aromatic rings. The van der Waals surface area contributed by atoms with E-state index in [4.69, 9.17) is 4.74 Å². The van der Waals surface area contributed by atoms with Crippen LogP contribution in [0.5, 0.6) is 0 Å². The Balaban J connectivity index is 1.84. The number of methoxy groups -OCH3 is 1. The summed E-state index contributed by atoms with van der Waals surface area (Å²) in [6, 6.07) is 16.0. The summed E-state index contributed by atoms with van der Waals surface area (Å²) >= 11 is 0. The number of anilines is 1. The molecule has 0 saturated carbocycles. The van der Waals surface area contributed by atoms with Gasteiger partial charge in [0.25, 0.3) is 0 Å². The number of hydrogen-bond acceptors (Lipinski definition) is 5. The molecule has 0 saturated heterocycles. The molecule has 0 aliphatic heterocycles. The van der Waals surface area contributed by atoms with Crippen molar-refractivity contribution in [2.24, 2.45) is 0 Å². The molecule has 0 radical (unpaired) electrons. The number of para-hydroxylation sites is 1. The normalized spacial score (nSPS) is 12.5. The number of aromatic nitrogens is 3. The Morgan fingerprint density at radius 3 is 2.42 bits per heavy atom. The highest BCUT2D eigenvalue weighted by atomic mass is 19.4. The molecule has 9 heteroatoms. The number of carbonyl (C=O) groups is 1. The van der Waals surface area contributed by atoms with Crippen LogP contribution in [0.15, 0.2) is 66.9 Å². The van der Waals surface area contributed by atoms with Gasteiger partial charge < -0.3 is 10.1 Å². The summed E-state index contributed by atoms with van der Waals surface area (Å²) in [5, 5.41) is 7.95. The molecule has 0 aliphatic rings. The number of fused-ring (bicyclic) bond motifs is 1. The number of ether oxygens (including phenoxy) is 1. The molecule has 0 amide bonds. The molecule has 0 spiro atoms. The predicted octanol–water partition coefficient (Wildman–Crippen LogP) is 5.30. The highest BCUT2D eigenvalue weighted by Crippen LogP contribution is 2.34. The van der Waals surface area contributed by atoms with Crippen LogP contribution in [0.25, 0.3) is 16.8 Å². The molecule has 2 aromatic heterocycles. The van der Waals surface area contributed by atoms with E-state index >= 15 is 0 Å². The minimum Gasteiger partial charge on any atom is -0.469 e. The summed E-state index contributed by atoms with van der Waals surface area (Å²) in [7, 11) is 1.31. The van der Waals surface area contributed by atoms with E-state index in [1.807, 2.05) is 30.3 Å². The van der Waals surface area contributed by atoms with E-state index in [-0.39, 0.29) is 0 Å². The molecule has 0 aliphatic carbocycles. The highest BCUT2D eigenvalue weighted by Gasteiger charge is 2.30. The Hall–Kier alpha value is -3.88. The van der Waals surface area contributed by atoms with E-state index in [0.717, 1.165) is 17.8 Å². The molecule has 0 fully saturated rings. The highest BCUT2D eigenvalue weighted by molar-refractivity contribution is 5.82. The van der Waals surface area contributed by atoms with E-state index in [1.54, 1.807) is 23.7 Å². The van der Waals surface area contributed by atoms with Crippen LogP contribution in [0, 0.1) is 0 Å². The van der Waals surface area contributed by atoms with Gasteiger partial charge in [-0.2, -0.15) is 18.3 Å². The molecule has 1 atom stereocenters. The van der Waals surface area contributed by atoms with E-state index in [1.165, 1.54) is 19.2 Å². The lowest BCUT2D eigenvalue weighted by atomic mass is 10.0. The first-order valence-electron chi connectivity index (χ1n) is 10.2. The Morgan fingerprint density at radius 2 is 1.79 bits per heavy atom. The van der Waals surface area contributed by atoms with Gasteiger partial charge in [-0.3, -0.25) is 4.79 Å². The monoisotopic (exact) mass is 454 g/mol. The Kier molecular flexibility index (Phi) is 6.04. The first-order chi connectivity index (χ1) is 15.8. The van der Waals surface area contributed by atoms with Crippen molar-refractivity contribution < 1.29 is 22.7 Å². The van der Waals surface area contributed by atoms with Gasteiger partial charge in [-0.05, 0) is 42.8 Å². The first-order valence-corrected chi connectivity index (χ1v) is 10.2. The van der Waals surface area contributed by atoms with Gasteiger partial charge in [-0.1, -0.05) is 30.3 Å². The van der Waals surface area contributed by atoms with E-state index in [0.29, 0.717) is 34.7 Å². The van der Waals surface area contributed by atoms with Crippen molar-refractivity contribution in [3.8, 4) is 11.1 Å². The van der Waals surface area contributed by atoms with Crippen LogP contribution in [0.1, 0.15) is 29.8 Å². The van der Waals surface area contributed by atoms with Crippen LogP contribution in [0.2, 0.25) is 0 Å². The number of rotatable bonds is 6. The summed E-state index contributed by atoms with van der Waals surface area (Å²) < 4.78 is 45.6. The summed E-state index contributed by atoms with van der Waals surface area (Å²) in [4.78, 5) is 16.6. The molecular formula is C24H21F3N4O2. The van der Waals surface area contributed by atoms with Gasteiger partial charge in [0.2, 0.25) is 0 Å². The maximum Gasteiger partial charge on any atom is 0.416 e. The van der Waals surface area contributed by atoms with Gasteiger partial charge in [0.15, 0.2) is 5.65 Å². The van der Waals surface area contributed by atoms with Crippen LogP contribution in [0.4, 0.5) is 18.9 Å². The summed E-state index contributed by atoms with van der Waals surface area (Å²) in [6.45, 7) is 2.00. The second kappa shape index (κ2) is 8.93.